The van der Waals surface area contributed by atoms with Gasteiger partial charge in [-0.15, -0.1) is 0 Å². The van der Waals surface area contributed by atoms with Crippen molar-refractivity contribution >= 4 is 0 Å². The smallest absolute Gasteiger partial charge is 0.129 e. The molecule has 0 saturated heterocycles. The second kappa shape index (κ2) is 7.73. The normalized spacial score (nSPS) is 10.8. The Morgan fingerprint density at radius 3 is 2.64 bits per heavy atom. The lowest BCUT2D eigenvalue weighted by Gasteiger charge is -2.16. The van der Waals surface area contributed by atoms with Crippen LogP contribution in [-0.2, 0) is 19.6 Å². The van der Waals surface area contributed by atoms with Gasteiger partial charge in [-0.25, -0.2) is 4.39 Å². The van der Waals surface area contributed by atoms with Crippen molar-refractivity contribution < 1.29 is 4.39 Å². The van der Waals surface area contributed by atoms with Crippen LogP contribution in [0.25, 0.3) is 0 Å². The van der Waals surface area contributed by atoms with Crippen molar-refractivity contribution in [3.8, 4) is 6.07 Å². The highest BCUT2D eigenvalue weighted by molar-refractivity contribution is 5.32. The average molecular weight is 334 g/mol. The fourth-order valence-electron chi connectivity index (χ4n) is 2.75. The maximum atomic E-state index is 14.0. The van der Waals surface area contributed by atoms with Crippen LogP contribution < -0.4 is 0 Å². The summed E-state index contributed by atoms with van der Waals surface area (Å²) in [7, 11) is 1.94. The molecule has 3 rings (SSSR count). The molecule has 25 heavy (non-hydrogen) atoms. The average Bonchev–Trinajstić information content (AvgIpc) is 3.04. The van der Waals surface area contributed by atoms with Crippen LogP contribution in [0.4, 0.5) is 4.39 Å². The number of aromatic nitrogens is 2. The van der Waals surface area contributed by atoms with Gasteiger partial charge in [0, 0.05) is 30.4 Å². The molecule has 0 fully saturated rings. The highest BCUT2D eigenvalue weighted by Gasteiger charge is 2.09. The number of benzene rings is 2. The van der Waals surface area contributed by atoms with Gasteiger partial charge in [0.25, 0.3) is 0 Å². The summed E-state index contributed by atoms with van der Waals surface area (Å²) in [4.78, 5) is 2.02. The van der Waals surface area contributed by atoms with Gasteiger partial charge in [0.1, 0.15) is 5.82 Å². The lowest BCUT2D eigenvalue weighted by atomic mass is 10.1. The number of nitriles is 1. The third-order valence-corrected chi connectivity index (χ3v) is 3.95. The molecule has 0 amide bonds. The van der Waals surface area contributed by atoms with Gasteiger partial charge < -0.3 is 0 Å². The summed E-state index contributed by atoms with van der Waals surface area (Å²) >= 11 is 0. The third-order valence-electron chi connectivity index (χ3n) is 3.95. The predicted molar refractivity (Wildman–Crippen MR) is 94.1 cm³/mol. The molecule has 0 spiro atoms. The molecule has 2 aromatic carbocycles. The molecule has 0 bridgehead atoms. The number of hydrogen-bond donors (Lipinski definition) is 0. The van der Waals surface area contributed by atoms with Crippen LogP contribution in [0, 0.1) is 17.1 Å². The Morgan fingerprint density at radius 1 is 1.12 bits per heavy atom. The zero-order valence-corrected chi connectivity index (χ0v) is 14.1. The number of rotatable bonds is 6. The molecule has 126 valence electrons. The monoisotopic (exact) mass is 334 g/mol. The van der Waals surface area contributed by atoms with Crippen LogP contribution >= 0.6 is 0 Å². The standard InChI is InChI=1S/C20H19FN4/c1-24(15-19-8-7-17(10-22)9-20(19)21)12-18-11-23-25(14-18)13-16-5-3-2-4-6-16/h2-9,11,14H,12-13,15H2,1H3. The molecule has 0 aliphatic carbocycles. The van der Waals surface area contributed by atoms with E-state index < -0.39 is 0 Å². The van der Waals surface area contributed by atoms with E-state index in [4.69, 9.17) is 5.26 Å². The van der Waals surface area contributed by atoms with Gasteiger partial charge >= 0.3 is 0 Å². The quantitative estimate of drug-likeness (QED) is 0.692. The van der Waals surface area contributed by atoms with E-state index in [1.165, 1.54) is 11.6 Å². The summed E-state index contributed by atoms with van der Waals surface area (Å²) in [5.74, 6) is -0.342. The largest absolute Gasteiger partial charge is 0.298 e. The molecule has 1 aromatic heterocycles. The summed E-state index contributed by atoms with van der Waals surface area (Å²) in [5, 5.41) is 13.2. The minimum Gasteiger partial charge on any atom is -0.298 e. The number of hydrogen-bond acceptors (Lipinski definition) is 3. The SMILES string of the molecule is CN(Cc1cnn(Cc2ccccc2)c1)Cc1ccc(C#N)cc1F. The summed E-state index contributed by atoms with van der Waals surface area (Å²) in [6.45, 7) is 1.88. The van der Waals surface area contributed by atoms with E-state index in [1.807, 2.05) is 53.3 Å². The fraction of sp³-hybridized carbons (Fsp3) is 0.200. The Balaban J connectivity index is 1.60. The molecule has 1 heterocycles. The van der Waals surface area contributed by atoms with E-state index in [9.17, 15) is 4.39 Å². The summed E-state index contributed by atoms with van der Waals surface area (Å²) in [6.07, 6.45) is 3.85. The number of halogens is 1. The van der Waals surface area contributed by atoms with Crippen molar-refractivity contribution in [3.05, 3.63) is 89.0 Å². The van der Waals surface area contributed by atoms with Gasteiger partial charge in [-0.1, -0.05) is 36.4 Å². The van der Waals surface area contributed by atoms with Crippen molar-refractivity contribution in [3.63, 3.8) is 0 Å². The molecule has 0 atom stereocenters. The minimum atomic E-state index is -0.342. The predicted octanol–water partition coefficient (Wildman–Crippen LogP) is 3.57. The maximum Gasteiger partial charge on any atom is 0.129 e. The van der Waals surface area contributed by atoms with Crippen LogP contribution in [0.5, 0.6) is 0 Å². The first-order valence-electron chi connectivity index (χ1n) is 8.06. The first-order valence-corrected chi connectivity index (χ1v) is 8.06. The van der Waals surface area contributed by atoms with Crippen molar-refractivity contribution in [2.75, 3.05) is 7.05 Å². The van der Waals surface area contributed by atoms with Gasteiger partial charge in [-0.05, 0) is 24.7 Å². The van der Waals surface area contributed by atoms with Crippen LogP contribution in [0.1, 0.15) is 22.3 Å². The molecule has 0 aliphatic heterocycles. The molecular formula is C20H19FN4. The van der Waals surface area contributed by atoms with Crippen LogP contribution in [0.15, 0.2) is 60.9 Å². The molecule has 0 aliphatic rings. The second-order valence-corrected chi connectivity index (χ2v) is 6.12. The van der Waals surface area contributed by atoms with Crippen LogP contribution in [0.2, 0.25) is 0 Å². The van der Waals surface area contributed by atoms with E-state index in [2.05, 4.69) is 17.2 Å². The van der Waals surface area contributed by atoms with Gasteiger partial charge in [0.2, 0.25) is 0 Å². The Hall–Kier alpha value is -2.97. The van der Waals surface area contributed by atoms with E-state index >= 15 is 0 Å². The first kappa shape index (κ1) is 16.9. The molecular weight excluding hydrogens is 315 g/mol. The van der Waals surface area contributed by atoms with Gasteiger partial charge in [-0.3, -0.25) is 9.58 Å². The molecule has 0 unspecified atom stereocenters. The van der Waals surface area contributed by atoms with Gasteiger partial charge in [0.15, 0.2) is 0 Å². The topological polar surface area (TPSA) is 44.9 Å². The van der Waals surface area contributed by atoms with Crippen LogP contribution in [0.3, 0.4) is 0 Å². The third kappa shape index (κ3) is 4.52. The zero-order chi connectivity index (χ0) is 17.6. The molecule has 3 aromatic rings. The molecule has 4 nitrogen and oxygen atoms in total. The highest BCUT2D eigenvalue weighted by Crippen LogP contribution is 2.14. The zero-order valence-electron chi connectivity index (χ0n) is 14.1. The molecule has 5 heteroatoms. The minimum absolute atomic E-state index is 0.339. The lowest BCUT2D eigenvalue weighted by Crippen LogP contribution is -2.17. The maximum absolute atomic E-state index is 14.0. The van der Waals surface area contributed by atoms with Crippen molar-refractivity contribution in [2.45, 2.75) is 19.6 Å². The Morgan fingerprint density at radius 2 is 1.92 bits per heavy atom. The van der Waals surface area contributed by atoms with Crippen molar-refractivity contribution in [1.29, 1.82) is 5.26 Å². The van der Waals surface area contributed by atoms with Gasteiger partial charge in [-0.2, -0.15) is 10.4 Å². The van der Waals surface area contributed by atoms with Gasteiger partial charge in [0.05, 0.1) is 24.4 Å². The van der Waals surface area contributed by atoms with E-state index in [-0.39, 0.29) is 5.82 Å². The van der Waals surface area contributed by atoms with Crippen molar-refractivity contribution in [2.24, 2.45) is 0 Å². The Kier molecular flexibility index (Phi) is 5.22. The first-order chi connectivity index (χ1) is 12.1. The highest BCUT2D eigenvalue weighted by atomic mass is 19.1. The molecule has 0 N–H and O–H groups in total. The van der Waals surface area contributed by atoms with E-state index in [0.717, 1.165) is 12.1 Å². The Bertz CT molecular complexity index is 880. The van der Waals surface area contributed by atoms with Crippen molar-refractivity contribution in [1.82, 2.24) is 14.7 Å². The molecule has 0 saturated carbocycles. The summed E-state index contributed by atoms with van der Waals surface area (Å²) in [5.41, 5.74) is 3.20. The second-order valence-electron chi connectivity index (χ2n) is 6.12. The Labute approximate surface area is 146 Å². The van der Waals surface area contributed by atoms with E-state index in [1.54, 1.807) is 12.1 Å². The fourth-order valence-corrected chi connectivity index (χ4v) is 2.75. The summed E-state index contributed by atoms with van der Waals surface area (Å²) < 4.78 is 15.9. The van der Waals surface area contributed by atoms with Crippen LogP contribution in [-0.4, -0.2) is 21.7 Å². The molecule has 0 radical (unpaired) electrons. The summed E-state index contributed by atoms with van der Waals surface area (Å²) in [6, 6.07) is 16.7. The number of nitrogens with zero attached hydrogens (tertiary/aromatic N) is 4. The lowest BCUT2D eigenvalue weighted by molar-refractivity contribution is 0.313. The van der Waals surface area contributed by atoms with E-state index in [0.29, 0.717) is 24.2 Å².